The zero-order valence-corrected chi connectivity index (χ0v) is 25.0. The number of carboxylic acids is 1. The van der Waals surface area contributed by atoms with Crippen LogP contribution in [0.15, 0.2) is 16.9 Å². The molecule has 4 aliphatic rings. The third-order valence-electron chi connectivity index (χ3n) is 8.76. The van der Waals surface area contributed by atoms with E-state index in [1.54, 1.807) is 6.92 Å². The number of carbonyl (C=O) groups is 5. The zero-order valence-electron chi connectivity index (χ0n) is 24.1. The van der Waals surface area contributed by atoms with E-state index in [-0.39, 0.29) is 59.8 Å². The smallest absolute Gasteiger partial charge is 0.353 e. The Labute approximate surface area is 252 Å². The number of nitrogens with two attached hydrogens (primary N) is 1. The highest BCUT2D eigenvalue weighted by molar-refractivity contribution is 8.03. The van der Waals surface area contributed by atoms with Crippen molar-refractivity contribution in [1.29, 1.82) is 0 Å². The third kappa shape index (κ3) is 6.52. The van der Waals surface area contributed by atoms with Crippen LogP contribution in [0.25, 0.3) is 0 Å². The number of β-lactam (4-membered cyclic amide) rings is 1. The van der Waals surface area contributed by atoms with E-state index in [1.165, 1.54) is 27.7 Å². The van der Waals surface area contributed by atoms with Crippen LogP contribution in [0.2, 0.25) is 0 Å². The predicted molar refractivity (Wildman–Crippen MR) is 153 cm³/mol. The van der Waals surface area contributed by atoms with Crippen LogP contribution in [0.1, 0.15) is 33.1 Å². The first-order valence-electron chi connectivity index (χ1n) is 14.5. The van der Waals surface area contributed by atoms with E-state index in [4.69, 9.17) is 5.73 Å². The number of fused-ring (bicyclic) bond motifs is 1. The van der Waals surface area contributed by atoms with Gasteiger partial charge in [0.15, 0.2) is 0 Å². The molecule has 0 aliphatic carbocycles. The molecule has 3 fully saturated rings. The summed E-state index contributed by atoms with van der Waals surface area (Å²) in [6, 6.07) is -1.25. The summed E-state index contributed by atoms with van der Waals surface area (Å²) in [5, 5.41) is 29.9. The van der Waals surface area contributed by atoms with E-state index in [9.17, 15) is 29.1 Å². The van der Waals surface area contributed by atoms with Crippen LogP contribution >= 0.6 is 11.8 Å². The Kier molecular flexibility index (Phi) is 9.31. The normalized spacial score (nSPS) is 28.0. The summed E-state index contributed by atoms with van der Waals surface area (Å²) in [5.74, 6) is -2.61. The van der Waals surface area contributed by atoms with Crippen LogP contribution < -0.4 is 21.7 Å². The summed E-state index contributed by atoms with van der Waals surface area (Å²) in [6.07, 6.45) is 3.56. The lowest BCUT2D eigenvalue weighted by molar-refractivity contribution is -0.158. The maximum atomic E-state index is 13.3. The van der Waals surface area contributed by atoms with Gasteiger partial charge in [-0.05, 0) is 49.1 Å². The summed E-state index contributed by atoms with van der Waals surface area (Å²) in [5.41, 5.74) is 5.17. The number of nitrogens with zero attached hydrogens (tertiary/aromatic N) is 6. The molecule has 6 N–H and O–H groups in total. The molecule has 0 bridgehead atoms. The first-order chi connectivity index (χ1) is 20.5. The maximum absolute atomic E-state index is 13.3. The topological polar surface area (TPSA) is 218 Å². The zero-order chi connectivity index (χ0) is 30.8. The molecule has 234 valence electrons. The highest BCUT2D eigenvalue weighted by Crippen LogP contribution is 2.51. The fraction of sp³-hybridized carbons (Fsp3) is 0.692. The van der Waals surface area contributed by atoms with E-state index in [0.717, 1.165) is 12.8 Å². The number of tetrazole rings is 1. The van der Waals surface area contributed by atoms with Crippen molar-refractivity contribution in [2.75, 3.05) is 32.7 Å². The number of carbonyl (C=O) groups excluding carboxylic acids is 4. The van der Waals surface area contributed by atoms with Crippen molar-refractivity contribution in [2.24, 2.45) is 23.5 Å². The monoisotopic (exact) mass is 618 g/mol. The van der Waals surface area contributed by atoms with Gasteiger partial charge in [-0.15, -0.1) is 16.9 Å². The number of carboxylic acid groups (broad SMARTS) is 1. The summed E-state index contributed by atoms with van der Waals surface area (Å²) < 4.78 is 1.27. The van der Waals surface area contributed by atoms with Crippen LogP contribution in [-0.4, -0.2) is 121 Å². The van der Waals surface area contributed by atoms with Gasteiger partial charge < -0.3 is 36.6 Å². The maximum Gasteiger partial charge on any atom is 0.353 e. The number of primary amides is 1. The number of likely N-dealkylation sites (tertiary alicyclic amines) is 1. The van der Waals surface area contributed by atoms with Gasteiger partial charge in [-0.2, -0.15) is 0 Å². The number of hydrogen-bond acceptors (Lipinski definition) is 11. The van der Waals surface area contributed by atoms with Gasteiger partial charge >= 0.3 is 5.97 Å². The molecule has 43 heavy (non-hydrogen) atoms. The average Bonchev–Trinajstić information content (AvgIpc) is 3.69. The Morgan fingerprint density at radius 1 is 1.26 bits per heavy atom. The molecule has 1 aromatic heterocycles. The fourth-order valence-corrected chi connectivity index (χ4v) is 8.10. The van der Waals surface area contributed by atoms with Crippen molar-refractivity contribution >= 4 is 41.4 Å². The lowest BCUT2D eigenvalue weighted by Gasteiger charge is -2.47. The average molecular weight is 619 g/mol. The van der Waals surface area contributed by atoms with Gasteiger partial charge in [-0.3, -0.25) is 19.2 Å². The number of thioether (sulfide) groups is 1. The standard InChI is InChI=1S/C26H38N10O6S/c1-13-21-20(14(2)31-19(38)11-35-12-30-32-33-35)25(40)36(21)22(26(41)42)23(13)43-16-7-17(29-9-16)24(39)34-5-3-15(4-6-34)8-28-10-18(27)37/h12-17,20-21,28-29H,3-11H2,1-2H3,(H2,27,37)(H,31,38)(H,41,42)/t13-,14-,16+,17+,20-,21-/m1/s1. The number of piperidine rings is 1. The summed E-state index contributed by atoms with van der Waals surface area (Å²) in [4.78, 5) is 66.1. The van der Waals surface area contributed by atoms with Gasteiger partial charge in [0.1, 0.15) is 18.6 Å². The molecule has 5 heterocycles. The summed E-state index contributed by atoms with van der Waals surface area (Å²) >= 11 is 1.43. The van der Waals surface area contributed by atoms with Gasteiger partial charge in [-0.25, -0.2) is 9.48 Å². The molecule has 0 saturated carbocycles. The summed E-state index contributed by atoms with van der Waals surface area (Å²) in [6.45, 7) is 6.24. The highest BCUT2D eigenvalue weighted by atomic mass is 32.2. The molecule has 0 unspecified atom stereocenters. The third-order valence-corrected chi connectivity index (χ3v) is 10.3. The van der Waals surface area contributed by atoms with Gasteiger partial charge in [0.25, 0.3) is 0 Å². The fourth-order valence-electron chi connectivity index (χ4n) is 6.62. The van der Waals surface area contributed by atoms with Crippen LogP contribution in [0.3, 0.4) is 0 Å². The van der Waals surface area contributed by atoms with Crippen molar-refractivity contribution in [3.63, 3.8) is 0 Å². The Morgan fingerprint density at radius 3 is 2.65 bits per heavy atom. The van der Waals surface area contributed by atoms with Gasteiger partial charge in [0.2, 0.25) is 23.6 Å². The molecule has 3 saturated heterocycles. The molecular formula is C26H38N10O6S. The van der Waals surface area contributed by atoms with Crippen LogP contribution in [0, 0.1) is 17.8 Å². The molecule has 0 spiro atoms. The predicted octanol–water partition coefficient (Wildman–Crippen LogP) is -2.27. The van der Waals surface area contributed by atoms with E-state index in [1.807, 2.05) is 11.8 Å². The minimum atomic E-state index is -1.16. The second-order valence-corrected chi connectivity index (χ2v) is 13.0. The first-order valence-corrected chi connectivity index (χ1v) is 15.4. The van der Waals surface area contributed by atoms with E-state index < -0.39 is 23.8 Å². The van der Waals surface area contributed by atoms with Crippen molar-refractivity contribution < 1.29 is 29.1 Å². The molecule has 0 aromatic carbocycles. The van der Waals surface area contributed by atoms with Crippen molar-refractivity contribution in [3.05, 3.63) is 16.9 Å². The molecule has 4 aliphatic heterocycles. The van der Waals surface area contributed by atoms with Crippen molar-refractivity contribution in [2.45, 2.75) is 63.0 Å². The molecular weight excluding hydrogens is 580 g/mol. The Morgan fingerprint density at radius 2 is 2.00 bits per heavy atom. The van der Waals surface area contributed by atoms with Gasteiger partial charge in [0.05, 0.1) is 24.5 Å². The Hall–Kier alpha value is -3.57. The van der Waals surface area contributed by atoms with Crippen LogP contribution in [0.5, 0.6) is 0 Å². The SMILES string of the molecule is C[C@@H](NC(=O)Cn1cnnn1)[C@H]1C(=O)N2C(C(=O)O)=C(S[C@@H]3CN[C@H](C(=O)N4CCC(CNCC(N)=O)CC4)C3)[C@H](C)[C@H]12. The van der Waals surface area contributed by atoms with E-state index in [0.29, 0.717) is 43.4 Å². The van der Waals surface area contributed by atoms with E-state index >= 15 is 0 Å². The van der Waals surface area contributed by atoms with Crippen LogP contribution in [0.4, 0.5) is 0 Å². The summed E-state index contributed by atoms with van der Waals surface area (Å²) in [7, 11) is 0. The van der Waals surface area contributed by atoms with Crippen molar-refractivity contribution in [3.8, 4) is 0 Å². The number of nitrogens with one attached hydrogen (secondary N) is 3. The molecule has 1 aromatic rings. The Balaban J connectivity index is 1.15. The molecule has 6 atom stereocenters. The molecule has 4 amide bonds. The lowest BCUT2D eigenvalue weighted by Crippen LogP contribution is -2.66. The minimum Gasteiger partial charge on any atom is -0.477 e. The quantitative estimate of drug-likeness (QED) is 0.157. The second kappa shape index (κ2) is 13.0. The first kappa shape index (κ1) is 30.9. The highest BCUT2D eigenvalue weighted by Gasteiger charge is 2.60. The number of aromatic nitrogens is 4. The number of rotatable bonds is 12. The molecule has 5 rings (SSSR count). The van der Waals surface area contributed by atoms with Gasteiger partial charge in [0, 0.05) is 41.7 Å². The van der Waals surface area contributed by atoms with Crippen LogP contribution in [-0.2, 0) is 30.5 Å². The van der Waals surface area contributed by atoms with E-state index in [2.05, 4.69) is 31.5 Å². The molecule has 16 nitrogen and oxygen atoms in total. The second-order valence-electron chi connectivity index (χ2n) is 11.7. The largest absolute Gasteiger partial charge is 0.477 e. The van der Waals surface area contributed by atoms with Gasteiger partial charge in [-0.1, -0.05) is 6.92 Å². The molecule has 0 radical (unpaired) electrons. The number of amides is 4. The number of aliphatic carboxylic acids is 1. The lowest BCUT2D eigenvalue weighted by atomic mass is 9.78. The van der Waals surface area contributed by atoms with Crippen molar-refractivity contribution in [1.82, 2.24) is 46.0 Å². The number of hydrogen-bond donors (Lipinski definition) is 5. The molecule has 17 heteroatoms. The minimum absolute atomic E-state index is 0.00207. The Bertz CT molecular complexity index is 1280.